The fourth-order valence-electron chi connectivity index (χ4n) is 2.29. The predicted octanol–water partition coefficient (Wildman–Crippen LogP) is 1.38. The lowest BCUT2D eigenvalue weighted by Crippen LogP contribution is -2.18. The van der Waals surface area contributed by atoms with Gasteiger partial charge in [0, 0.05) is 29.7 Å². The summed E-state index contributed by atoms with van der Waals surface area (Å²) < 4.78 is 1.90. The van der Waals surface area contributed by atoms with Crippen molar-refractivity contribution in [3.8, 4) is 0 Å². The van der Waals surface area contributed by atoms with E-state index < -0.39 is 0 Å². The van der Waals surface area contributed by atoms with Crippen molar-refractivity contribution >= 4 is 16.8 Å². The van der Waals surface area contributed by atoms with Crippen molar-refractivity contribution in [2.75, 3.05) is 0 Å². The highest BCUT2D eigenvalue weighted by Crippen LogP contribution is 2.23. The predicted molar refractivity (Wildman–Crippen MR) is 71.0 cm³/mol. The molecule has 1 fully saturated rings. The second-order valence-electron chi connectivity index (χ2n) is 4.92. The van der Waals surface area contributed by atoms with Gasteiger partial charge in [-0.2, -0.15) is 0 Å². The summed E-state index contributed by atoms with van der Waals surface area (Å²) in [4.78, 5) is 11.0. The average Bonchev–Trinajstić information content (AvgIpc) is 3.09. The minimum Gasteiger partial charge on any atom is -0.368 e. The number of benzene rings is 1. The second kappa shape index (κ2) is 4.46. The lowest BCUT2D eigenvalue weighted by Gasteiger charge is -2.06. The molecule has 18 heavy (non-hydrogen) atoms. The summed E-state index contributed by atoms with van der Waals surface area (Å²) in [5.41, 5.74) is 7.60. The van der Waals surface area contributed by atoms with Gasteiger partial charge >= 0.3 is 0 Å². The Bertz CT molecular complexity index is 584. The molecule has 1 aliphatic carbocycles. The third-order valence-corrected chi connectivity index (χ3v) is 3.39. The Kier molecular flexibility index (Phi) is 2.80. The maximum absolute atomic E-state index is 11.0. The topological polar surface area (TPSA) is 60.1 Å². The summed E-state index contributed by atoms with van der Waals surface area (Å²) in [6.07, 6.45) is 4.51. The number of fused-ring (bicyclic) bond motifs is 1. The van der Waals surface area contributed by atoms with Crippen LogP contribution in [-0.4, -0.2) is 16.5 Å². The molecule has 0 aliphatic heterocycles. The van der Waals surface area contributed by atoms with Crippen molar-refractivity contribution in [1.82, 2.24) is 9.88 Å². The van der Waals surface area contributed by atoms with Crippen molar-refractivity contribution < 1.29 is 4.79 Å². The van der Waals surface area contributed by atoms with Crippen LogP contribution in [0.4, 0.5) is 0 Å². The minimum atomic E-state index is -0.311. The average molecular weight is 243 g/mol. The van der Waals surface area contributed by atoms with Crippen LogP contribution in [0, 0.1) is 0 Å². The van der Waals surface area contributed by atoms with E-state index in [1.807, 2.05) is 22.9 Å². The van der Waals surface area contributed by atoms with Crippen LogP contribution in [0.1, 0.15) is 18.4 Å². The normalized spacial score (nSPS) is 15.1. The van der Waals surface area contributed by atoms with Crippen LogP contribution in [0.5, 0.6) is 0 Å². The van der Waals surface area contributed by atoms with E-state index in [0.717, 1.165) is 12.1 Å². The Morgan fingerprint density at radius 2 is 2.22 bits per heavy atom. The molecule has 3 rings (SSSR count). The molecule has 0 unspecified atom stereocenters. The van der Waals surface area contributed by atoms with Crippen LogP contribution >= 0.6 is 0 Å². The molecule has 1 amide bonds. The Morgan fingerprint density at radius 3 is 2.94 bits per heavy atom. The number of nitrogens with zero attached hydrogens (tertiary/aromatic N) is 1. The number of nitrogens with two attached hydrogens (primary N) is 1. The highest BCUT2D eigenvalue weighted by Gasteiger charge is 2.20. The Hall–Kier alpha value is -1.81. The number of carbonyl (C=O) groups is 1. The smallest absolute Gasteiger partial charge is 0.237 e. The molecule has 1 heterocycles. The molecular formula is C14H17N3O. The van der Waals surface area contributed by atoms with E-state index >= 15 is 0 Å². The molecule has 1 aromatic heterocycles. The number of aromatic nitrogens is 1. The number of carbonyl (C=O) groups excluding carboxylic acids is 1. The number of hydrogen-bond acceptors (Lipinski definition) is 2. The highest BCUT2D eigenvalue weighted by atomic mass is 16.1. The zero-order valence-corrected chi connectivity index (χ0v) is 10.2. The lowest BCUT2D eigenvalue weighted by atomic mass is 10.1. The zero-order valence-electron chi connectivity index (χ0n) is 10.2. The zero-order chi connectivity index (χ0) is 12.5. The molecule has 1 aromatic carbocycles. The third kappa shape index (κ3) is 2.24. The van der Waals surface area contributed by atoms with Crippen LogP contribution in [0.15, 0.2) is 30.5 Å². The fourth-order valence-corrected chi connectivity index (χ4v) is 2.29. The molecule has 1 aliphatic rings. The summed E-state index contributed by atoms with van der Waals surface area (Å²) in [5.74, 6) is -0.311. The molecule has 0 spiro atoms. The van der Waals surface area contributed by atoms with Gasteiger partial charge in [-0.3, -0.25) is 4.79 Å². The van der Waals surface area contributed by atoms with Crippen molar-refractivity contribution in [3.63, 3.8) is 0 Å². The summed E-state index contributed by atoms with van der Waals surface area (Å²) in [6, 6.07) is 8.95. The molecule has 4 heteroatoms. The molecule has 1 saturated carbocycles. The molecular weight excluding hydrogens is 226 g/mol. The van der Waals surface area contributed by atoms with Gasteiger partial charge in [-0.1, -0.05) is 12.1 Å². The standard InChI is InChI=1S/C14H17N3O/c15-14(18)9-17-7-6-12-10(2-1-3-13(12)17)8-16-11-4-5-11/h1-3,6-7,11,16H,4-5,8-9H2,(H2,15,18). The molecule has 4 nitrogen and oxygen atoms in total. The van der Waals surface area contributed by atoms with Crippen LogP contribution in [0.2, 0.25) is 0 Å². The minimum absolute atomic E-state index is 0.239. The largest absolute Gasteiger partial charge is 0.368 e. The SMILES string of the molecule is NC(=O)Cn1ccc2c(CNC3CC3)cccc21. The molecule has 0 bridgehead atoms. The molecule has 3 N–H and O–H groups in total. The number of amides is 1. The highest BCUT2D eigenvalue weighted by molar-refractivity contribution is 5.85. The van der Waals surface area contributed by atoms with Crippen molar-refractivity contribution in [3.05, 3.63) is 36.0 Å². The first-order valence-corrected chi connectivity index (χ1v) is 6.32. The van der Waals surface area contributed by atoms with E-state index in [0.29, 0.717) is 6.04 Å². The van der Waals surface area contributed by atoms with E-state index in [2.05, 4.69) is 17.4 Å². The molecule has 0 saturated heterocycles. The van der Waals surface area contributed by atoms with E-state index in [1.165, 1.54) is 23.8 Å². The van der Waals surface area contributed by atoms with Gasteiger partial charge in [0.25, 0.3) is 0 Å². The van der Waals surface area contributed by atoms with Crippen LogP contribution < -0.4 is 11.1 Å². The Labute approximate surface area is 106 Å². The summed E-state index contributed by atoms with van der Waals surface area (Å²) in [5, 5.41) is 4.72. The van der Waals surface area contributed by atoms with Gasteiger partial charge in [-0.25, -0.2) is 0 Å². The molecule has 2 aromatic rings. The van der Waals surface area contributed by atoms with Gasteiger partial charge in [0.1, 0.15) is 6.54 Å². The molecule has 0 atom stereocenters. The number of rotatable bonds is 5. The Balaban J connectivity index is 1.89. The summed E-state index contributed by atoms with van der Waals surface area (Å²) in [7, 11) is 0. The maximum atomic E-state index is 11.0. The number of nitrogens with one attached hydrogen (secondary N) is 1. The van der Waals surface area contributed by atoms with E-state index in [-0.39, 0.29) is 12.5 Å². The first-order chi connectivity index (χ1) is 8.74. The van der Waals surface area contributed by atoms with Crippen LogP contribution in [0.25, 0.3) is 10.9 Å². The van der Waals surface area contributed by atoms with Gasteiger partial charge in [-0.15, -0.1) is 0 Å². The number of hydrogen-bond donors (Lipinski definition) is 2. The van der Waals surface area contributed by atoms with Crippen LogP contribution in [0.3, 0.4) is 0 Å². The maximum Gasteiger partial charge on any atom is 0.237 e. The van der Waals surface area contributed by atoms with Crippen molar-refractivity contribution in [1.29, 1.82) is 0 Å². The van der Waals surface area contributed by atoms with E-state index in [9.17, 15) is 4.79 Å². The first kappa shape index (κ1) is 11.3. The first-order valence-electron chi connectivity index (χ1n) is 6.32. The lowest BCUT2D eigenvalue weighted by molar-refractivity contribution is -0.118. The monoisotopic (exact) mass is 243 g/mol. The van der Waals surface area contributed by atoms with Crippen LogP contribution in [-0.2, 0) is 17.9 Å². The summed E-state index contributed by atoms with van der Waals surface area (Å²) in [6.45, 7) is 1.13. The van der Waals surface area contributed by atoms with Gasteiger partial charge in [0.05, 0.1) is 0 Å². The van der Waals surface area contributed by atoms with Crippen molar-refractivity contribution in [2.24, 2.45) is 5.73 Å². The second-order valence-corrected chi connectivity index (χ2v) is 4.92. The van der Waals surface area contributed by atoms with Gasteiger partial charge in [0.2, 0.25) is 5.91 Å². The fraction of sp³-hybridized carbons (Fsp3) is 0.357. The van der Waals surface area contributed by atoms with Gasteiger partial charge in [0.15, 0.2) is 0 Å². The van der Waals surface area contributed by atoms with E-state index in [1.54, 1.807) is 0 Å². The molecule has 0 radical (unpaired) electrons. The Morgan fingerprint density at radius 1 is 1.39 bits per heavy atom. The molecule has 94 valence electrons. The quantitative estimate of drug-likeness (QED) is 0.833. The summed E-state index contributed by atoms with van der Waals surface area (Å²) >= 11 is 0. The van der Waals surface area contributed by atoms with E-state index in [4.69, 9.17) is 5.73 Å². The van der Waals surface area contributed by atoms with Crippen molar-refractivity contribution in [2.45, 2.75) is 32.0 Å². The number of primary amides is 1. The van der Waals surface area contributed by atoms with Gasteiger partial charge < -0.3 is 15.6 Å². The van der Waals surface area contributed by atoms with Gasteiger partial charge in [-0.05, 0) is 30.5 Å². The third-order valence-electron chi connectivity index (χ3n) is 3.39.